The number of quaternary nitrogens is 1. The molecule has 0 aliphatic rings. The molecule has 0 aromatic rings. The van der Waals surface area contributed by atoms with Crippen LogP contribution in [0.2, 0.25) is 0 Å². The topological polar surface area (TPSA) is 105 Å². The van der Waals surface area contributed by atoms with Crippen LogP contribution in [0.1, 0.15) is 380 Å². The number of hydrogen-bond acceptors (Lipinski definition) is 5. The first-order chi connectivity index (χ1) is 43.5. The third kappa shape index (κ3) is 73.2. The Labute approximate surface area is 554 Å². The minimum Gasteiger partial charge on any atom is -0.387 e. The number of nitrogens with zero attached hydrogens (tertiary/aromatic N) is 1. The SMILES string of the molecule is CC/C=C\C/C=C\C/C=C\C/C=C\C/C=C\CCCCCCCCCCCCCCCCCCCCCC(=O)NC(COP(=O)(O)OCC[N+](C)(C)C)C(O)/C=C/CCCCCCCCCCCCCCCCCCCCCCCCCCCCCCCC. The van der Waals surface area contributed by atoms with E-state index >= 15 is 0 Å². The Morgan fingerprint density at radius 2 is 0.674 bits per heavy atom. The number of aliphatic hydroxyl groups is 1. The molecule has 3 N–H and O–H groups in total. The second-order valence-electron chi connectivity index (χ2n) is 27.7. The first-order valence-electron chi connectivity index (χ1n) is 38.8. The van der Waals surface area contributed by atoms with Gasteiger partial charge < -0.3 is 19.8 Å². The van der Waals surface area contributed by atoms with Crippen molar-refractivity contribution in [2.75, 3.05) is 40.9 Å². The molecule has 0 saturated heterocycles. The van der Waals surface area contributed by atoms with E-state index in [1.165, 1.54) is 289 Å². The van der Waals surface area contributed by atoms with E-state index < -0.39 is 20.0 Å². The maximum Gasteiger partial charge on any atom is 0.472 e. The number of phosphoric ester groups is 1. The van der Waals surface area contributed by atoms with Crippen LogP contribution >= 0.6 is 7.82 Å². The van der Waals surface area contributed by atoms with Gasteiger partial charge in [0.2, 0.25) is 5.91 Å². The molecule has 9 heteroatoms. The van der Waals surface area contributed by atoms with Gasteiger partial charge in [0.15, 0.2) is 0 Å². The third-order valence-corrected chi connectivity index (χ3v) is 18.7. The number of carbonyl (C=O) groups excluding carboxylic acids is 1. The van der Waals surface area contributed by atoms with Crippen LogP contribution in [-0.2, 0) is 18.4 Å². The van der Waals surface area contributed by atoms with Crippen LogP contribution in [0.25, 0.3) is 0 Å². The van der Waals surface area contributed by atoms with Crippen LogP contribution in [0.5, 0.6) is 0 Å². The Morgan fingerprint density at radius 1 is 0.393 bits per heavy atom. The lowest BCUT2D eigenvalue weighted by Gasteiger charge is -2.25. The summed E-state index contributed by atoms with van der Waals surface area (Å²) in [5, 5.41) is 14.1. The zero-order chi connectivity index (χ0) is 64.8. The highest BCUT2D eigenvalue weighted by Gasteiger charge is 2.28. The molecule has 8 nitrogen and oxygen atoms in total. The molecule has 0 spiro atoms. The van der Waals surface area contributed by atoms with Gasteiger partial charge in [-0.25, -0.2) is 4.57 Å². The summed E-state index contributed by atoms with van der Waals surface area (Å²) in [5.74, 6) is -0.171. The van der Waals surface area contributed by atoms with Crippen molar-refractivity contribution >= 4 is 13.7 Å². The Balaban J connectivity index is 3.99. The number of nitrogens with one attached hydrogen (secondary N) is 1. The Kier molecular flexibility index (Phi) is 68.6. The lowest BCUT2D eigenvalue weighted by Crippen LogP contribution is -2.45. The lowest BCUT2D eigenvalue weighted by molar-refractivity contribution is -0.870. The molecule has 0 aromatic heterocycles. The van der Waals surface area contributed by atoms with Crippen molar-refractivity contribution in [3.63, 3.8) is 0 Å². The van der Waals surface area contributed by atoms with Crippen LogP contribution in [0.4, 0.5) is 0 Å². The van der Waals surface area contributed by atoms with Crippen LogP contribution in [0, 0.1) is 0 Å². The molecule has 0 fully saturated rings. The number of likely N-dealkylation sites (N-methyl/N-ethyl adjacent to an activating group) is 1. The maximum absolute atomic E-state index is 13.1. The smallest absolute Gasteiger partial charge is 0.387 e. The molecule has 1 amide bonds. The van der Waals surface area contributed by atoms with Gasteiger partial charge in [-0.2, -0.15) is 0 Å². The zero-order valence-corrected chi connectivity index (χ0v) is 60.8. The van der Waals surface area contributed by atoms with E-state index in [1.807, 2.05) is 27.2 Å². The molecule has 0 saturated carbocycles. The van der Waals surface area contributed by atoms with E-state index in [0.717, 1.165) is 70.6 Å². The Bertz CT molecular complexity index is 1680. The second kappa shape index (κ2) is 70.3. The summed E-state index contributed by atoms with van der Waals surface area (Å²) < 4.78 is 23.9. The van der Waals surface area contributed by atoms with Gasteiger partial charge in [0.25, 0.3) is 0 Å². The number of phosphoric acid groups is 1. The number of amides is 1. The van der Waals surface area contributed by atoms with Gasteiger partial charge in [0.1, 0.15) is 13.2 Å². The standard InChI is InChI=1S/C80H151N2O6P/c1-6-8-10-12-14-16-18-20-22-24-26-28-30-32-34-36-38-40-41-42-44-46-48-50-52-54-56-58-60-62-64-66-68-70-72-74-80(84)81-78(77-88-89(85,86)87-76-75-82(3,4)5)79(83)73-71-69-67-65-63-61-59-57-55-53-51-49-47-45-43-39-37-35-33-31-29-27-25-23-21-19-17-15-13-11-9-7-2/h8,10,14,16,20,22,26,28,32,34,71,73,78-79,83H,6-7,9,11-13,15,17-19,21,23-25,27,29-31,33,35-70,72,74-77H2,1-5H3,(H-,81,84,85,86)/p+1/b10-8-,16-14-,22-20-,28-26-,34-32-,73-71+. The summed E-state index contributed by atoms with van der Waals surface area (Å²) in [6.45, 7) is 4.76. The predicted molar refractivity (Wildman–Crippen MR) is 392 cm³/mol. The first-order valence-corrected chi connectivity index (χ1v) is 40.3. The van der Waals surface area contributed by atoms with Gasteiger partial charge in [-0.1, -0.05) is 382 Å². The molecule has 0 aliphatic heterocycles. The maximum atomic E-state index is 13.1. The summed E-state index contributed by atoms with van der Waals surface area (Å²) >= 11 is 0. The summed E-state index contributed by atoms with van der Waals surface area (Å²) in [6, 6.07) is -0.850. The molecule has 3 atom stereocenters. The summed E-state index contributed by atoms with van der Waals surface area (Å²) in [4.78, 5) is 23.5. The van der Waals surface area contributed by atoms with Gasteiger partial charge in [0.05, 0.1) is 39.9 Å². The van der Waals surface area contributed by atoms with E-state index in [1.54, 1.807) is 6.08 Å². The number of carbonyl (C=O) groups is 1. The minimum absolute atomic E-state index is 0.0618. The van der Waals surface area contributed by atoms with Crippen molar-refractivity contribution in [3.05, 3.63) is 72.9 Å². The molecule has 0 bridgehead atoms. The molecule has 0 radical (unpaired) electrons. The molecule has 522 valence electrons. The number of hydrogen-bond donors (Lipinski definition) is 3. The van der Waals surface area contributed by atoms with E-state index in [-0.39, 0.29) is 19.1 Å². The normalized spacial score (nSPS) is 13.9. The molecular formula is C80H152N2O6P+. The highest BCUT2D eigenvalue weighted by atomic mass is 31.2. The Hall–Kier alpha value is -2.06. The van der Waals surface area contributed by atoms with Crippen molar-refractivity contribution in [1.82, 2.24) is 5.32 Å². The Morgan fingerprint density at radius 3 is 0.989 bits per heavy atom. The predicted octanol–water partition coefficient (Wildman–Crippen LogP) is 25.3. The number of unbranched alkanes of at least 4 members (excludes halogenated alkanes) is 49. The van der Waals surface area contributed by atoms with E-state index in [2.05, 4.69) is 79.9 Å². The molecular weight excluding hydrogens is 1120 g/mol. The second-order valence-corrected chi connectivity index (χ2v) is 29.2. The summed E-state index contributed by atoms with van der Waals surface area (Å²) in [5.41, 5.74) is 0. The van der Waals surface area contributed by atoms with E-state index in [0.29, 0.717) is 17.4 Å². The average molecular weight is 1270 g/mol. The quantitative estimate of drug-likeness (QED) is 0.0243. The highest BCUT2D eigenvalue weighted by molar-refractivity contribution is 7.47. The average Bonchev–Trinajstić information content (AvgIpc) is 3.64. The van der Waals surface area contributed by atoms with Crippen molar-refractivity contribution in [2.45, 2.75) is 392 Å². The first kappa shape index (κ1) is 86.9. The fourth-order valence-electron chi connectivity index (χ4n) is 11.7. The highest BCUT2D eigenvalue weighted by Crippen LogP contribution is 2.43. The van der Waals surface area contributed by atoms with Crippen LogP contribution in [0.15, 0.2) is 72.9 Å². The van der Waals surface area contributed by atoms with E-state index in [9.17, 15) is 19.4 Å². The van der Waals surface area contributed by atoms with E-state index in [4.69, 9.17) is 9.05 Å². The van der Waals surface area contributed by atoms with Crippen LogP contribution in [0.3, 0.4) is 0 Å². The monoisotopic (exact) mass is 1270 g/mol. The molecule has 0 aromatic carbocycles. The molecule has 89 heavy (non-hydrogen) atoms. The summed E-state index contributed by atoms with van der Waals surface area (Å²) in [6.07, 6.45) is 99.4. The minimum atomic E-state index is -4.36. The molecule has 0 heterocycles. The molecule has 0 rings (SSSR count). The van der Waals surface area contributed by atoms with Gasteiger partial charge in [-0.05, 0) is 64.2 Å². The van der Waals surface area contributed by atoms with Crippen LogP contribution < -0.4 is 5.32 Å². The fraction of sp³-hybridized carbons (Fsp3) is 0.838. The van der Waals surface area contributed by atoms with Gasteiger partial charge in [0, 0.05) is 6.42 Å². The van der Waals surface area contributed by atoms with Crippen molar-refractivity contribution in [1.29, 1.82) is 0 Å². The largest absolute Gasteiger partial charge is 0.472 e. The van der Waals surface area contributed by atoms with Gasteiger partial charge in [-0.15, -0.1) is 0 Å². The molecule has 3 unspecified atom stereocenters. The van der Waals surface area contributed by atoms with Gasteiger partial charge >= 0.3 is 7.82 Å². The number of rotatable bonds is 72. The van der Waals surface area contributed by atoms with Crippen molar-refractivity contribution in [2.24, 2.45) is 0 Å². The number of allylic oxidation sites excluding steroid dienone is 11. The fourth-order valence-corrected chi connectivity index (χ4v) is 12.5. The van der Waals surface area contributed by atoms with Crippen LogP contribution in [-0.4, -0.2) is 73.4 Å². The van der Waals surface area contributed by atoms with Crippen molar-refractivity contribution in [3.8, 4) is 0 Å². The number of aliphatic hydroxyl groups excluding tert-OH is 1. The summed E-state index contributed by atoms with van der Waals surface area (Å²) in [7, 11) is 1.59. The lowest BCUT2D eigenvalue weighted by atomic mass is 10.0. The van der Waals surface area contributed by atoms with Crippen molar-refractivity contribution < 1.29 is 32.9 Å². The third-order valence-electron chi connectivity index (χ3n) is 17.7. The molecule has 0 aliphatic carbocycles. The zero-order valence-electron chi connectivity index (χ0n) is 59.9. The van der Waals surface area contributed by atoms with Gasteiger partial charge in [-0.3, -0.25) is 13.8 Å².